The molecule has 0 heterocycles. The molecular weight excluding hydrogens is 359 g/mol. The molecule has 0 saturated heterocycles. The number of hydrogen-bond donors (Lipinski definition) is 2. The lowest BCUT2D eigenvalue weighted by Gasteiger charge is -2.09. The maximum Gasteiger partial charge on any atom is 0.233 e. The summed E-state index contributed by atoms with van der Waals surface area (Å²) < 4.78 is 18.5. The van der Waals surface area contributed by atoms with Crippen LogP contribution in [0.4, 0.5) is 15.8 Å². The van der Waals surface area contributed by atoms with Gasteiger partial charge in [-0.3, -0.25) is 9.59 Å². The first-order chi connectivity index (χ1) is 13.6. The van der Waals surface area contributed by atoms with E-state index < -0.39 is 17.6 Å². The van der Waals surface area contributed by atoms with Gasteiger partial charge in [0.15, 0.2) is 0 Å². The summed E-state index contributed by atoms with van der Waals surface area (Å²) in [6, 6.07) is 22.0. The first kappa shape index (κ1) is 19.1. The van der Waals surface area contributed by atoms with Crippen LogP contribution < -0.4 is 15.4 Å². The second kappa shape index (κ2) is 9.32. The third-order valence-corrected chi connectivity index (χ3v) is 3.84. The first-order valence-corrected chi connectivity index (χ1v) is 8.70. The molecule has 0 bridgehead atoms. The van der Waals surface area contributed by atoms with Gasteiger partial charge >= 0.3 is 0 Å². The van der Waals surface area contributed by atoms with Gasteiger partial charge in [0.25, 0.3) is 0 Å². The predicted octanol–water partition coefficient (Wildman–Crippen LogP) is 4.37. The van der Waals surface area contributed by atoms with Crippen molar-refractivity contribution in [2.75, 3.05) is 10.6 Å². The Balaban J connectivity index is 1.45. The highest BCUT2D eigenvalue weighted by Gasteiger charge is 2.10. The van der Waals surface area contributed by atoms with Gasteiger partial charge in [0.2, 0.25) is 11.8 Å². The van der Waals surface area contributed by atoms with Gasteiger partial charge in [-0.25, -0.2) is 4.39 Å². The van der Waals surface area contributed by atoms with Gasteiger partial charge in [0.1, 0.15) is 24.6 Å². The highest BCUT2D eigenvalue weighted by atomic mass is 19.1. The number of carbonyl (C=O) groups is 2. The quantitative estimate of drug-likeness (QED) is 0.600. The molecule has 0 aromatic heterocycles. The van der Waals surface area contributed by atoms with E-state index in [1.807, 2.05) is 30.3 Å². The minimum atomic E-state index is -0.480. The van der Waals surface area contributed by atoms with Crippen molar-refractivity contribution < 1.29 is 18.7 Å². The fourth-order valence-electron chi connectivity index (χ4n) is 2.46. The topological polar surface area (TPSA) is 67.4 Å². The van der Waals surface area contributed by atoms with Crippen molar-refractivity contribution in [3.05, 3.63) is 90.2 Å². The van der Waals surface area contributed by atoms with Crippen LogP contribution >= 0.6 is 0 Å². The van der Waals surface area contributed by atoms with Crippen LogP contribution in [0.2, 0.25) is 0 Å². The number of anilines is 2. The molecule has 0 aliphatic rings. The zero-order chi connectivity index (χ0) is 19.8. The summed E-state index contributed by atoms with van der Waals surface area (Å²) >= 11 is 0. The largest absolute Gasteiger partial charge is 0.489 e. The van der Waals surface area contributed by atoms with E-state index in [9.17, 15) is 14.0 Å². The highest BCUT2D eigenvalue weighted by molar-refractivity contribution is 6.08. The molecule has 2 amide bonds. The molecule has 3 aromatic rings. The van der Waals surface area contributed by atoms with E-state index in [1.165, 1.54) is 24.3 Å². The molecule has 0 radical (unpaired) electrons. The monoisotopic (exact) mass is 378 g/mol. The van der Waals surface area contributed by atoms with Crippen molar-refractivity contribution in [2.45, 2.75) is 13.0 Å². The lowest BCUT2D eigenvalue weighted by molar-refractivity contribution is -0.123. The standard InChI is InChI=1S/C22H19FN2O3/c23-17-6-8-18(9-7-17)24-21(26)14-22(27)25-19-10-12-20(13-11-19)28-15-16-4-2-1-3-5-16/h1-13H,14-15H2,(H,24,26)(H,25,27). The predicted molar refractivity (Wildman–Crippen MR) is 105 cm³/mol. The average Bonchev–Trinajstić information content (AvgIpc) is 2.70. The van der Waals surface area contributed by atoms with Gasteiger partial charge in [0.05, 0.1) is 0 Å². The minimum Gasteiger partial charge on any atom is -0.489 e. The number of hydrogen-bond acceptors (Lipinski definition) is 3. The van der Waals surface area contributed by atoms with Gasteiger partial charge in [-0.1, -0.05) is 30.3 Å². The first-order valence-electron chi connectivity index (χ1n) is 8.70. The minimum absolute atomic E-state index is 0.344. The summed E-state index contributed by atoms with van der Waals surface area (Å²) in [4.78, 5) is 23.9. The number of ether oxygens (including phenoxy) is 1. The van der Waals surface area contributed by atoms with E-state index in [4.69, 9.17) is 4.74 Å². The molecule has 0 saturated carbocycles. The Labute approximate surface area is 162 Å². The van der Waals surface area contributed by atoms with Gasteiger partial charge in [-0.15, -0.1) is 0 Å². The number of amides is 2. The molecule has 2 N–H and O–H groups in total. The molecule has 0 spiro atoms. The SMILES string of the molecule is O=C(CC(=O)Nc1ccc(OCc2ccccc2)cc1)Nc1ccc(F)cc1. The van der Waals surface area contributed by atoms with E-state index in [1.54, 1.807) is 24.3 Å². The fourth-order valence-corrected chi connectivity index (χ4v) is 2.46. The van der Waals surface area contributed by atoms with E-state index >= 15 is 0 Å². The molecular formula is C22H19FN2O3. The van der Waals surface area contributed by atoms with Gasteiger partial charge in [-0.2, -0.15) is 0 Å². The molecule has 28 heavy (non-hydrogen) atoms. The molecule has 5 nitrogen and oxygen atoms in total. The van der Waals surface area contributed by atoms with Crippen molar-refractivity contribution in [1.29, 1.82) is 0 Å². The van der Waals surface area contributed by atoms with E-state index in [-0.39, 0.29) is 6.42 Å². The fraction of sp³-hybridized carbons (Fsp3) is 0.0909. The highest BCUT2D eigenvalue weighted by Crippen LogP contribution is 2.17. The van der Waals surface area contributed by atoms with Crippen LogP contribution in [0.3, 0.4) is 0 Å². The van der Waals surface area contributed by atoms with Crippen molar-refractivity contribution in [3.63, 3.8) is 0 Å². The molecule has 0 unspecified atom stereocenters. The molecule has 142 valence electrons. The summed E-state index contributed by atoms with van der Waals surface area (Å²) in [5, 5.41) is 5.19. The van der Waals surface area contributed by atoms with E-state index in [2.05, 4.69) is 10.6 Å². The Morgan fingerprint density at radius 3 is 1.86 bits per heavy atom. The van der Waals surface area contributed by atoms with Gasteiger partial charge in [-0.05, 0) is 54.1 Å². The number of carbonyl (C=O) groups excluding carboxylic acids is 2. The van der Waals surface area contributed by atoms with Crippen LogP contribution in [0, 0.1) is 5.82 Å². The molecule has 3 rings (SSSR count). The van der Waals surface area contributed by atoms with Crippen LogP contribution in [0.15, 0.2) is 78.9 Å². The average molecular weight is 378 g/mol. The summed E-state index contributed by atoms with van der Waals surface area (Å²) in [7, 11) is 0. The summed E-state index contributed by atoms with van der Waals surface area (Å²) in [6.45, 7) is 0.454. The summed E-state index contributed by atoms with van der Waals surface area (Å²) in [5.74, 6) is -0.646. The van der Waals surface area contributed by atoms with Crippen LogP contribution in [0.25, 0.3) is 0 Å². The normalized spacial score (nSPS) is 10.2. The molecule has 0 fully saturated rings. The molecule has 3 aromatic carbocycles. The maximum atomic E-state index is 12.9. The van der Waals surface area contributed by atoms with Crippen molar-refractivity contribution in [3.8, 4) is 5.75 Å². The zero-order valence-corrected chi connectivity index (χ0v) is 15.0. The molecule has 0 atom stereocenters. The van der Waals surface area contributed by atoms with Crippen molar-refractivity contribution in [1.82, 2.24) is 0 Å². The second-order valence-electron chi connectivity index (χ2n) is 6.08. The van der Waals surface area contributed by atoms with Crippen molar-refractivity contribution in [2.24, 2.45) is 0 Å². The number of benzene rings is 3. The van der Waals surface area contributed by atoms with Crippen molar-refractivity contribution >= 4 is 23.2 Å². The van der Waals surface area contributed by atoms with E-state index in [0.717, 1.165) is 5.56 Å². The lowest BCUT2D eigenvalue weighted by atomic mass is 10.2. The second-order valence-corrected chi connectivity index (χ2v) is 6.08. The lowest BCUT2D eigenvalue weighted by Crippen LogP contribution is -2.21. The van der Waals surface area contributed by atoms with E-state index in [0.29, 0.717) is 23.7 Å². The third-order valence-electron chi connectivity index (χ3n) is 3.84. The Morgan fingerprint density at radius 1 is 0.750 bits per heavy atom. The molecule has 6 heteroatoms. The van der Waals surface area contributed by atoms with Gasteiger partial charge < -0.3 is 15.4 Å². The molecule has 0 aliphatic carbocycles. The van der Waals surface area contributed by atoms with Crippen LogP contribution in [-0.2, 0) is 16.2 Å². The number of rotatable bonds is 7. The Morgan fingerprint density at radius 2 is 1.29 bits per heavy atom. The Kier molecular flexibility index (Phi) is 6.36. The van der Waals surface area contributed by atoms with Gasteiger partial charge in [0, 0.05) is 11.4 Å². The number of halogens is 1. The zero-order valence-electron chi connectivity index (χ0n) is 15.0. The Hall–Kier alpha value is -3.67. The van der Waals surface area contributed by atoms with Crippen LogP contribution in [-0.4, -0.2) is 11.8 Å². The third kappa shape index (κ3) is 5.95. The smallest absolute Gasteiger partial charge is 0.233 e. The number of nitrogens with one attached hydrogen (secondary N) is 2. The summed E-state index contributed by atoms with van der Waals surface area (Å²) in [5.41, 5.74) is 2.05. The van der Waals surface area contributed by atoms with Crippen LogP contribution in [0.1, 0.15) is 12.0 Å². The maximum absolute atomic E-state index is 12.9. The molecule has 0 aliphatic heterocycles. The Bertz CT molecular complexity index is 926. The summed E-state index contributed by atoms with van der Waals surface area (Å²) in [6.07, 6.45) is -0.344. The van der Waals surface area contributed by atoms with Crippen LogP contribution in [0.5, 0.6) is 5.75 Å².